The van der Waals surface area contributed by atoms with Gasteiger partial charge in [-0.1, -0.05) is 24.3 Å². The van der Waals surface area contributed by atoms with Crippen LogP contribution in [0.5, 0.6) is 0 Å². The third-order valence-electron chi connectivity index (χ3n) is 3.33. The standard InChI is InChI=1S/C18H20F2O/c19-17-9-5-15(6-10-17)3-1-13-21-14-2-4-16-7-11-18(20)12-8-16/h5-12H,1-4,13-14H2. The maximum absolute atomic E-state index is 12.7. The van der Waals surface area contributed by atoms with Gasteiger partial charge in [-0.05, 0) is 61.1 Å². The molecule has 1 nitrogen and oxygen atoms in total. The molecule has 2 rings (SSSR count). The van der Waals surface area contributed by atoms with E-state index in [0.717, 1.165) is 36.8 Å². The Bertz CT molecular complexity index is 470. The highest BCUT2D eigenvalue weighted by Gasteiger charge is 1.97. The van der Waals surface area contributed by atoms with Crippen LogP contribution in [0.15, 0.2) is 48.5 Å². The van der Waals surface area contributed by atoms with Crippen LogP contribution < -0.4 is 0 Å². The molecule has 0 fully saturated rings. The second kappa shape index (κ2) is 8.53. The molecule has 0 bridgehead atoms. The van der Waals surface area contributed by atoms with Gasteiger partial charge in [0.2, 0.25) is 0 Å². The minimum Gasteiger partial charge on any atom is -0.381 e. The van der Waals surface area contributed by atoms with Gasteiger partial charge in [0.1, 0.15) is 11.6 Å². The van der Waals surface area contributed by atoms with Gasteiger partial charge in [0.05, 0.1) is 0 Å². The Kier molecular flexibility index (Phi) is 6.35. The molecule has 0 aliphatic heterocycles. The van der Waals surface area contributed by atoms with E-state index in [0.29, 0.717) is 13.2 Å². The molecule has 2 aromatic rings. The lowest BCUT2D eigenvalue weighted by Gasteiger charge is -2.05. The lowest BCUT2D eigenvalue weighted by atomic mass is 10.1. The topological polar surface area (TPSA) is 9.23 Å². The summed E-state index contributed by atoms with van der Waals surface area (Å²) in [5, 5.41) is 0. The van der Waals surface area contributed by atoms with Crippen molar-refractivity contribution < 1.29 is 13.5 Å². The SMILES string of the molecule is Fc1ccc(CCCOCCCc2ccc(F)cc2)cc1. The molecule has 0 saturated heterocycles. The van der Waals surface area contributed by atoms with Crippen molar-refractivity contribution in [3.63, 3.8) is 0 Å². The predicted octanol–water partition coefficient (Wildman–Crippen LogP) is 4.55. The Morgan fingerprint density at radius 3 is 1.38 bits per heavy atom. The van der Waals surface area contributed by atoms with Gasteiger partial charge in [0, 0.05) is 13.2 Å². The average molecular weight is 290 g/mol. The van der Waals surface area contributed by atoms with E-state index in [4.69, 9.17) is 4.74 Å². The Labute approximate surface area is 124 Å². The second-order valence-electron chi connectivity index (χ2n) is 5.07. The zero-order valence-corrected chi connectivity index (χ0v) is 12.0. The largest absolute Gasteiger partial charge is 0.381 e. The Morgan fingerprint density at radius 1 is 0.619 bits per heavy atom. The number of hydrogen-bond acceptors (Lipinski definition) is 1. The van der Waals surface area contributed by atoms with Crippen molar-refractivity contribution in [2.24, 2.45) is 0 Å². The molecule has 0 heterocycles. The molecular weight excluding hydrogens is 270 g/mol. The molecular formula is C18H20F2O. The van der Waals surface area contributed by atoms with Gasteiger partial charge in [-0.3, -0.25) is 0 Å². The van der Waals surface area contributed by atoms with E-state index in [2.05, 4.69) is 0 Å². The van der Waals surface area contributed by atoms with Crippen LogP contribution in [-0.4, -0.2) is 13.2 Å². The molecule has 112 valence electrons. The highest BCUT2D eigenvalue weighted by Crippen LogP contribution is 2.07. The van der Waals surface area contributed by atoms with Gasteiger partial charge in [-0.25, -0.2) is 8.78 Å². The minimum absolute atomic E-state index is 0.198. The summed E-state index contributed by atoms with van der Waals surface area (Å²) in [5.74, 6) is -0.397. The summed E-state index contributed by atoms with van der Waals surface area (Å²) < 4.78 is 31.0. The predicted molar refractivity (Wildman–Crippen MR) is 80.3 cm³/mol. The van der Waals surface area contributed by atoms with E-state index in [-0.39, 0.29) is 11.6 Å². The molecule has 0 saturated carbocycles. The molecule has 3 heteroatoms. The van der Waals surface area contributed by atoms with Gasteiger partial charge >= 0.3 is 0 Å². The van der Waals surface area contributed by atoms with Gasteiger partial charge in [0.15, 0.2) is 0 Å². The third kappa shape index (κ3) is 6.05. The van der Waals surface area contributed by atoms with Crippen LogP contribution in [0, 0.1) is 11.6 Å². The summed E-state index contributed by atoms with van der Waals surface area (Å²) >= 11 is 0. The average Bonchev–Trinajstić information content (AvgIpc) is 2.50. The first-order valence-electron chi connectivity index (χ1n) is 7.31. The number of benzene rings is 2. The molecule has 0 atom stereocenters. The van der Waals surface area contributed by atoms with Crippen LogP contribution in [0.2, 0.25) is 0 Å². The normalized spacial score (nSPS) is 10.8. The number of ether oxygens (including phenoxy) is 1. The van der Waals surface area contributed by atoms with Crippen LogP contribution in [0.4, 0.5) is 8.78 Å². The number of hydrogen-bond donors (Lipinski definition) is 0. The molecule has 0 aliphatic rings. The van der Waals surface area contributed by atoms with Crippen molar-refractivity contribution in [2.75, 3.05) is 13.2 Å². The van der Waals surface area contributed by atoms with E-state index in [1.54, 1.807) is 0 Å². The lowest BCUT2D eigenvalue weighted by molar-refractivity contribution is 0.130. The molecule has 0 spiro atoms. The van der Waals surface area contributed by atoms with E-state index in [1.807, 2.05) is 24.3 Å². The molecule has 0 amide bonds. The van der Waals surface area contributed by atoms with Crippen molar-refractivity contribution in [1.82, 2.24) is 0 Å². The van der Waals surface area contributed by atoms with Crippen LogP contribution in [0.1, 0.15) is 24.0 Å². The van der Waals surface area contributed by atoms with Crippen molar-refractivity contribution in [1.29, 1.82) is 0 Å². The molecule has 21 heavy (non-hydrogen) atoms. The zero-order chi connectivity index (χ0) is 14.9. The molecule has 0 aliphatic carbocycles. The fraction of sp³-hybridized carbons (Fsp3) is 0.333. The van der Waals surface area contributed by atoms with Crippen LogP contribution in [0.3, 0.4) is 0 Å². The Balaban J connectivity index is 1.52. The first-order valence-corrected chi connectivity index (χ1v) is 7.31. The number of halogens is 2. The van der Waals surface area contributed by atoms with Crippen molar-refractivity contribution in [2.45, 2.75) is 25.7 Å². The fourth-order valence-corrected chi connectivity index (χ4v) is 2.16. The van der Waals surface area contributed by atoms with E-state index >= 15 is 0 Å². The summed E-state index contributed by atoms with van der Waals surface area (Å²) in [6, 6.07) is 13.2. The highest BCUT2D eigenvalue weighted by atomic mass is 19.1. The molecule has 0 N–H and O–H groups in total. The third-order valence-corrected chi connectivity index (χ3v) is 3.33. The maximum atomic E-state index is 12.7. The first kappa shape index (κ1) is 15.6. The summed E-state index contributed by atoms with van der Waals surface area (Å²) in [6.45, 7) is 1.42. The first-order chi connectivity index (χ1) is 10.2. The second-order valence-corrected chi connectivity index (χ2v) is 5.07. The molecule has 0 radical (unpaired) electrons. The Hall–Kier alpha value is -1.74. The van der Waals surface area contributed by atoms with E-state index in [9.17, 15) is 8.78 Å². The molecule has 0 unspecified atom stereocenters. The van der Waals surface area contributed by atoms with Crippen LogP contribution in [0.25, 0.3) is 0 Å². The quantitative estimate of drug-likeness (QED) is 0.648. The van der Waals surface area contributed by atoms with Crippen molar-refractivity contribution >= 4 is 0 Å². The van der Waals surface area contributed by atoms with Gasteiger partial charge in [0.25, 0.3) is 0 Å². The van der Waals surface area contributed by atoms with Gasteiger partial charge < -0.3 is 4.74 Å². The van der Waals surface area contributed by atoms with Crippen LogP contribution >= 0.6 is 0 Å². The monoisotopic (exact) mass is 290 g/mol. The van der Waals surface area contributed by atoms with Crippen LogP contribution in [-0.2, 0) is 17.6 Å². The van der Waals surface area contributed by atoms with Gasteiger partial charge in [-0.2, -0.15) is 0 Å². The fourth-order valence-electron chi connectivity index (χ4n) is 2.16. The summed E-state index contributed by atoms with van der Waals surface area (Å²) in [5.41, 5.74) is 2.26. The minimum atomic E-state index is -0.198. The van der Waals surface area contributed by atoms with E-state index in [1.165, 1.54) is 24.3 Å². The van der Waals surface area contributed by atoms with E-state index < -0.39 is 0 Å². The number of rotatable bonds is 8. The van der Waals surface area contributed by atoms with Crippen molar-refractivity contribution in [3.8, 4) is 0 Å². The maximum Gasteiger partial charge on any atom is 0.123 e. The Morgan fingerprint density at radius 2 is 1.00 bits per heavy atom. The summed E-state index contributed by atoms with van der Waals surface area (Å²) in [7, 11) is 0. The zero-order valence-electron chi connectivity index (χ0n) is 12.0. The summed E-state index contributed by atoms with van der Waals surface area (Å²) in [6.07, 6.45) is 3.67. The molecule has 2 aromatic carbocycles. The van der Waals surface area contributed by atoms with Crippen molar-refractivity contribution in [3.05, 3.63) is 71.3 Å². The smallest absolute Gasteiger partial charge is 0.123 e. The van der Waals surface area contributed by atoms with Gasteiger partial charge in [-0.15, -0.1) is 0 Å². The molecule has 0 aromatic heterocycles. The lowest BCUT2D eigenvalue weighted by Crippen LogP contribution is -2.00. The number of aryl methyl sites for hydroxylation is 2. The highest BCUT2D eigenvalue weighted by molar-refractivity contribution is 5.16. The summed E-state index contributed by atoms with van der Waals surface area (Å²) in [4.78, 5) is 0.